The molecule has 0 saturated heterocycles. The molecule has 0 aliphatic rings. The lowest BCUT2D eigenvalue weighted by Crippen LogP contribution is -2.17. The van der Waals surface area contributed by atoms with E-state index in [9.17, 15) is 14.3 Å². The van der Waals surface area contributed by atoms with E-state index in [1.165, 1.54) is 23.6 Å². The van der Waals surface area contributed by atoms with E-state index < -0.39 is 5.95 Å². The van der Waals surface area contributed by atoms with E-state index in [2.05, 4.69) is 20.3 Å². The van der Waals surface area contributed by atoms with Crippen molar-refractivity contribution >= 4 is 34.5 Å². The Morgan fingerprint density at radius 2 is 2.09 bits per heavy atom. The van der Waals surface area contributed by atoms with Crippen molar-refractivity contribution in [2.24, 2.45) is 0 Å². The third-order valence-corrected chi connectivity index (χ3v) is 5.67. The monoisotopic (exact) mass is 466 g/mol. The normalized spacial score (nSPS) is 11.5. The summed E-state index contributed by atoms with van der Waals surface area (Å²) >= 11 is 1.31. The second-order valence-electron chi connectivity index (χ2n) is 7.61. The SMILES string of the molecule is CC(C)n1cc(C=Cc2csc(NC(=O)c3cccn3Cc3ccnc(F)c3)n2)nc1CO. The average molecular weight is 467 g/mol. The summed E-state index contributed by atoms with van der Waals surface area (Å²) in [5.41, 5.74) is 2.55. The lowest BCUT2D eigenvalue weighted by atomic mass is 10.2. The number of nitrogens with zero attached hydrogens (tertiary/aromatic N) is 5. The Balaban J connectivity index is 1.43. The molecule has 0 fully saturated rings. The molecular formula is C23H23FN6O2S. The molecule has 0 saturated carbocycles. The van der Waals surface area contributed by atoms with Crippen LogP contribution in [0.3, 0.4) is 0 Å². The molecule has 0 bridgehead atoms. The lowest BCUT2D eigenvalue weighted by molar-refractivity contribution is 0.101. The minimum atomic E-state index is -0.558. The molecule has 4 aromatic rings. The molecule has 1 amide bonds. The number of hydrogen-bond donors (Lipinski definition) is 2. The molecule has 4 heterocycles. The Morgan fingerprint density at radius 1 is 1.27 bits per heavy atom. The Kier molecular flexibility index (Phi) is 6.76. The molecule has 0 unspecified atom stereocenters. The van der Waals surface area contributed by atoms with E-state index in [0.29, 0.717) is 34.5 Å². The third-order valence-electron chi connectivity index (χ3n) is 4.90. The van der Waals surface area contributed by atoms with Crippen molar-refractivity contribution in [3.8, 4) is 0 Å². The highest BCUT2D eigenvalue weighted by Gasteiger charge is 2.14. The van der Waals surface area contributed by atoms with Crippen LogP contribution in [-0.2, 0) is 13.2 Å². The first-order valence-corrected chi connectivity index (χ1v) is 11.2. The van der Waals surface area contributed by atoms with Gasteiger partial charge < -0.3 is 14.2 Å². The van der Waals surface area contributed by atoms with E-state index in [-0.39, 0.29) is 18.6 Å². The van der Waals surface area contributed by atoms with Gasteiger partial charge >= 0.3 is 0 Å². The van der Waals surface area contributed by atoms with E-state index in [1.807, 2.05) is 36.1 Å². The maximum atomic E-state index is 13.4. The Hall–Kier alpha value is -3.63. The zero-order valence-corrected chi connectivity index (χ0v) is 19.0. The summed E-state index contributed by atoms with van der Waals surface area (Å²) in [5.74, 6) is -0.256. The van der Waals surface area contributed by atoms with Gasteiger partial charge in [0.1, 0.15) is 18.1 Å². The van der Waals surface area contributed by atoms with E-state index in [4.69, 9.17) is 0 Å². The molecule has 0 spiro atoms. The summed E-state index contributed by atoms with van der Waals surface area (Å²) in [7, 11) is 0. The van der Waals surface area contributed by atoms with Crippen molar-refractivity contribution in [1.82, 2.24) is 24.1 Å². The first-order chi connectivity index (χ1) is 15.9. The summed E-state index contributed by atoms with van der Waals surface area (Å²) < 4.78 is 17.0. The summed E-state index contributed by atoms with van der Waals surface area (Å²) in [6, 6.07) is 6.71. The van der Waals surface area contributed by atoms with E-state index in [1.54, 1.807) is 35.0 Å². The van der Waals surface area contributed by atoms with Crippen molar-refractivity contribution in [1.29, 1.82) is 0 Å². The van der Waals surface area contributed by atoms with E-state index >= 15 is 0 Å². The molecule has 0 atom stereocenters. The molecule has 4 rings (SSSR count). The van der Waals surface area contributed by atoms with Gasteiger partial charge in [-0.15, -0.1) is 11.3 Å². The Morgan fingerprint density at radius 3 is 2.82 bits per heavy atom. The molecule has 0 aliphatic carbocycles. The van der Waals surface area contributed by atoms with Gasteiger partial charge in [-0.1, -0.05) is 0 Å². The summed E-state index contributed by atoms with van der Waals surface area (Å²) in [4.78, 5) is 25.2. The second kappa shape index (κ2) is 9.88. The molecule has 4 aromatic heterocycles. The van der Waals surface area contributed by atoms with Gasteiger partial charge in [0, 0.05) is 36.6 Å². The van der Waals surface area contributed by atoms with Gasteiger partial charge in [-0.25, -0.2) is 15.0 Å². The van der Waals surface area contributed by atoms with Crippen LogP contribution in [0.1, 0.15) is 53.2 Å². The van der Waals surface area contributed by atoms with Crippen LogP contribution in [0, 0.1) is 5.95 Å². The summed E-state index contributed by atoms with van der Waals surface area (Å²) in [6.45, 7) is 4.27. The topological polar surface area (TPSA) is 97.9 Å². The number of aliphatic hydroxyl groups is 1. The first-order valence-electron chi connectivity index (χ1n) is 10.3. The first kappa shape index (κ1) is 22.6. The maximum Gasteiger partial charge on any atom is 0.274 e. The zero-order chi connectivity index (χ0) is 23.4. The fourth-order valence-electron chi connectivity index (χ4n) is 3.34. The van der Waals surface area contributed by atoms with Gasteiger partial charge in [-0.2, -0.15) is 4.39 Å². The van der Waals surface area contributed by atoms with Crippen LogP contribution < -0.4 is 5.32 Å². The predicted octanol–water partition coefficient (Wildman–Crippen LogP) is 4.22. The number of thiazole rings is 1. The van der Waals surface area contributed by atoms with Crippen LogP contribution in [0.15, 0.2) is 48.2 Å². The van der Waals surface area contributed by atoms with Crippen LogP contribution in [0.4, 0.5) is 9.52 Å². The number of imidazole rings is 1. The van der Waals surface area contributed by atoms with Crippen LogP contribution >= 0.6 is 11.3 Å². The molecule has 0 aromatic carbocycles. The highest BCUT2D eigenvalue weighted by Crippen LogP contribution is 2.20. The molecule has 2 N–H and O–H groups in total. The van der Waals surface area contributed by atoms with Gasteiger partial charge in [0.2, 0.25) is 5.95 Å². The lowest BCUT2D eigenvalue weighted by Gasteiger charge is -2.09. The summed E-state index contributed by atoms with van der Waals surface area (Å²) in [5, 5.41) is 14.6. The van der Waals surface area contributed by atoms with Gasteiger partial charge in [0.15, 0.2) is 5.13 Å². The summed E-state index contributed by atoms with van der Waals surface area (Å²) in [6.07, 6.45) is 8.67. The van der Waals surface area contributed by atoms with Crippen molar-refractivity contribution in [2.75, 3.05) is 5.32 Å². The number of halogens is 1. The minimum absolute atomic E-state index is 0.128. The van der Waals surface area contributed by atoms with Crippen LogP contribution in [0.5, 0.6) is 0 Å². The number of rotatable bonds is 8. The number of carbonyl (C=O) groups excluding carboxylic acids is 1. The number of nitrogens with one attached hydrogen (secondary N) is 1. The van der Waals surface area contributed by atoms with Crippen molar-refractivity contribution in [3.63, 3.8) is 0 Å². The van der Waals surface area contributed by atoms with Crippen molar-refractivity contribution in [3.05, 3.63) is 82.7 Å². The fraction of sp³-hybridized carbons (Fsp3) is 0.217. The molecule has 0 aliphatic heterocycles. The van der Waals surface area contributed by atoms with Crippen LogP contribution in [-0.4, -0.2) is 35.1 Å². The Bertz CT molecular complexity index is 1290. The van der Waals surface area contributed by atoms with E-state index in [0.717, 1.165) is 5.69 Å². The zero-order valence-electron chi connectivity index (χ0n) is 18.1. The van der Waals surface area contributed by atoms with Crippen molar-refractivity contribution < 1.29 is 14.3 Å². The molecule has 8 nitrogen and oxygen atoms in total. The van der Waals surface area contributed by atoms with Crippen LogP contribution in [0.25, 0.3) is 12.2 Å². The number of carbonyl (C=O) groups is 1. The molecule has 10 heteroatoms. The van der Waals surface area contributed by atoms with Gasteiger partial charge in [-0.3, -0.25) is 10.1 Å². The highest BCUT2D eigenvalue weighted by atomic mass is 32.1. The number of aromatic nitrogens is 5. The minimum Gasteiger partial charge on any atom is -0.388 e. The molecule has 170 valence electrons. The smallest absolute Gasteiger partial charge is 0.274 e. The third kappa shape index (κ3) is 5.41. The quantitative estimate of drug-likeness (QED) is 0.379. The largest absolute Gasteiger partial charge is 0.388 e. The molecule has 33 heavy (non-hydrogen) atoms. The fourth-order valence-corrected chi connectivity index (χ4v) is 4.02. The van der Waals surface area contributed by atoms with Gasteiger partial charge in [0.05, 0.1) is 11.4 Å². The number of hydrogen-bond acceptors (Lipinski definition) is 6. The van der Waals surface area contributed by atoms with Gasteiger partial charge in [0.25, 0.3) is 5.91 Å². The number of amides is 1. The Labute approximate surface area is 194 Å². The molecular weight excluding hydrogens is 443 g/mol. The number of pyridine rings is 1. The number of aliphatic hydroxyl groups excluding tert-OH is 1. The second-order valence-corrected chi connectivity index (χ2v) is 8.47. The number of anilines is 1. The molecule has 0 radical (unpaired) electrons. The average Bonchev–Trinajstić information content (AvgIpc) is 3.52. The van der Waals surface area contributed by atoms with Crippen LogP contribution in [0.2, 0.25) is 0 Å². The predicted molar refractivity (Wildman–Crippen MR) is 125 cm³/mol. The van der Waals surface area contributed by atoms with Crippen molar-refractivity contribution in [2.45, 2.75) is 33.0 Å². The van der Waals surface area contributed by atoms with Gasteiger partial charge in [-0.05, 0) is 55.8 Å². The highest BCUT2D eigenvalue weighted by molar-refractivity contribution is 7.14. The standard InChI is InChI=1S/C23H23FN6O2S/c1-15(2)30-12-17(26-21(30)13-31)5-6-18-14-33-23(27-18)28-22(32)19-4-3-9-29(19)11-16-7-8-25-20(24)10-16/h3-10,12,14-15,31H,11,13H2,1-2H3,(H,27,28,32). The maximum absolute atomic E-state index is 13.4.